The van der Waals surface area contributed by atoms with Gasteiger partial charge in [-0.3, -0.25) is 15.1 Å². The van der Waals surface area contributed by atoms with Crippen LogP contribution in [0.25, 0.3) is 11.1 Å². The molecule has 0 radical (unpaired) electrons. The average Bonchev–Trinajstić information content (AvgIpc) is 3.15. The standard InChI is InChI=1S/C26H23N3O5/c30-24(27-13-5-10-25(31)32)14-17-11-12-18(15-28-17)29-26(33)34-16-23-21-8-3-1-6-19(21)20-7-2-4-9-22(20)23/h1-12,15,23H,13-14,16H2,(H,27,30)(H,29,33)(H,31,32)/b10-5+. The van der Waals surface area contributed by atoms with Crippen LogP contribution in [0.4, 0.5) is 10.5 Å². The zero-order chi connectivity index (χ0) is 23.9. The second-order valence-electron chi connectivity index (χ2n) is 7.71. The van der Waals surface area contributed by atoms with E-state index in [4.69, 9.17) is 9.84 Å². The van der Waals surface area contributed by atoms with Gasteiger partial charge in [0.1, 0.15) is 6.61 Å². The number of fused-ring (bicyclic) bond motifs is 3. The molecule has 8 nitrogen and oxygen atoms in total. The van der Waals surface area contributed by atoms with Gasteiger partial charge in [0.2, 0.25) is 5.91 Å². The van der Waals surface area contributed by atoms with Gasteiger partial charge in [-0.1, -0.05) is 54.6 Å². The Morgan fingerprint density at radius 2 is 1.65 bits per heavy atom. The van der Waals surface area contributed by atoms with Gasteiger partial charge in [-0.15, -0.1) is 0 Å². The number of aromatic nitrogens is 1. The number of nitrogens with one attached hydrogen (secondary N) is 2. The van der Waals surface area contributed by atoms with Crippen molar-refractivity contribution in [1.82, 2.24) is 10.3 Å². The van der Waals surface area contributed by atoms with Crippen LogP contribution >= 0.6 is 0 Å². The maximum atomic E-state index is 12.4. The fraction of sp³-hybridized carbons (Fsp3) is 0.154. The van der Waals surface area contributed by atoms with E-state index >= 15 is 0 Å². The molecular weight excluding hydrogens is 434 g/mol. The number of pyridine rings is 1. The molecule has 0 spiro atoms. The van der Waals surface area contributed by atoms with E-state index in [2.05, 4.69) is 39.9 Å². The van der Waals surface area contributed by atoms with E-state index in [0.29, 0.717) is 11.4 Å². The average molecular weight is 457 g/mol. The molecule has 0 saturated heterocycles. The minimum atomic E-state index is -1.07. The second kappa shape index (κ2) is 10.4. The van der Waals surface area contributed by atoms with Crippen LogP contribution in [-0.4, -0.2) is 41.2 Å². The van der Waals surface area contributed by atoms with Gasteiger partial charge < -0.3 is 15.2 Å². The van der Waals surface area contributed by atoms with Crippen LogP contribution in [0.2, 0.25) is 0 Å². The lowest BCUT2D eigenvalue weighted by Crippen LogP contribution is -2.25. The zero-order valence-electron chi connectivity index (χ0n) is 18.2. The maximum Gasteiger partial charge on any atom is 0.411 e. The van der Waals surface area contributed by atoms with E-state index in [0.717, 1.165) is 28.3 Å². The van der Waals surface area contributed by atoms with E-state index in [1.165, 1.54) is 12.3 Å². The molecule has 0 bridgehead atoms. The highest BCUT2D eigenvalue weighted by molar-refractivity contribution is 5.85. The minimum Gasteiger partial charge on any atom is -0.478 e. The van der Waals surface area contributed by atoms with Gasteiger partial charge in [-0.05, 0) is 34.4 Å². The number of carboxylic acids is 1. The Kier molecular flexibility index (Phi) is 6.98. The van der Waals surface area contributed by atoms with Crippen LogP contribution in [0.15, 0.2) is 79.0 Å². The summed E-state index contributed by atoms with van der Waals surface area (Å²) in [5.41, 5.74) is 5.56. The number of aliphatic carboxylic acids is 1. The Bertz CT molecular complexity index is 1190. The van der Waals surface area contributed by atoms with Crippen molar-refractivity contribution in [1.29, 1.82) is 0 Å². The van der Waals surface area contributed by atoms with Crippen molar-refractivity contribution in [3.63, 3.8) is 0 Å². The van der Waals surface area contributed by atoms with Crippen molar-refractivity contribution in [3.8, 4) is 11.1 Å². The Balaban J connectivity index is 1.29. The van der Waals surface area contributed by atoms with E-state index in [9.17, 15) is 14.4 Å². The first-order valence-electron chi connectivity index (χ1n) is 10.7. The fourth-order valence-electron chi connectivity index (χ4n) is 3.91. The Morgan fingerprint density at radius 1 is 0.971 bits per heavy atom. The molecule has 4 rings (SSSR count). The van der Waals surface area contributed by atoms with Crippen molar-refractivity contribution >= 4 is 23.7 Å². The number of rotatable bonds is 8. The normalized spacial score (nSPS) is 12.1. The third kappa shape index (κ3) is 5.47. The number of anilines is 1. The van der Waals surface area contributed by atoms with Gasteiger partial charge in [0.25, 0.3) is 0 Å². The predicted molar refractivity (Wildman–Crippen MR) is 126 cm³/mol. The molecule has 34 heavy (non-hydrogen) atoms. The first-order valence-corrected chi connectivity index (χ1v) is 10.7. The van der Waals surface area contributed by atoms with Crippen molar-refractivity contribution < 1.29 is 24.2 Å². The molecule has 3 N–H and O–H groups in total. The summed E-state index contributed by atoms with van der Waals surface area (Å²) in [6.45, 7) is 0.328. The van der Waals surface area contributed by atoms with Gasteiger partial charge >= 0.3 is 12.1 Å². The Hall–Kier alpha value is -4.46. The number of amides is 2. The Labute approximate surface area is 196 Å². The molecule has 0 atom stereocenters. The SMILES string of the molecule is O=C(O)/C=C/CNC(=O)Cc1ccc(NC(=O)OCC2c3ccccc3-c3ccccc32)cn1. The Morgan fingerprint density at radius 3 is 2.26 bits per heavy atom. The number of carboxylic acid groups (broad SMARTS) is 1. The molecule has 1 aliphatic carbocycles. The minimum absolute atomic E-state index is 0.0255. The lowest BCUT2D eigenvalue weighted by Gasteiger charge is -2.14. The molecular formula is C26H23N3O5. The highest BCUT2D eigenvalue weighted by atomic mass is 16.5. The van der Waals surface area contributed by atoms with Crippen LogP contribution in [0, 0.1) is 0 Å². The van der Waals surface area contributed by atoms with Crippen LogP contribution in [0.3, 0.4) is 0 Å². The highest BCUT2D eigenvalue weighted by Crippen LogP contribution is 2.44. The van der Waals surface area contributed by atoms with E-state index in [1.54, 1.807) is 12.1 Å². The van der Waals surface area contributed by atoms with Crippen molar-refractivity contribution in [2.45, 2.75) is 12.3 Å². The van der Waals surface area contributed by atoms with E-state index < -0.39 is 12.1 Å². The number of carbonyl (C=O) groups is 3. The summed E-state index contributed by atoms with van der Waals surface area (Å²) >= 11 is 0. The third-order valence-corrected chi connectivity index (χ3v) is 5.43. The van der Waals surface area contributed by atoms with Crippen LogP contribution in [0.5, 0.6) is 0 Å². The van der Waals surface area contributed by atoms with Gasteiger partial charge in [-0.2, -0.15) is 0 Å². The molecule has 1 aromatic heterocycles. The van der Waals surface area contributed by atoms with Gasteiger partial charge in [0.05, 0.1) is 18.3 Å². The fourth-order valence-corrected chi connectivity index (χ4v) is 3.91. The zero-order valence-corrected chi connectivity index (χ0v) is 18.2. The molecule has 0 saturated carbocycles. The quantitative estimate of drug-likeness (QED) is 0.444. The lowest BCUT2D eigenvalue weighted by molar-refractivity contribution is -0.131. The van der Waals surface area contributed by atoms with Crippen molar-refractivity contribution in [3.05, 3.63) is 95.8 Å². The number of hydrogen-bond donors (Lipinski definition) is 3. The van der Waals surface area contributed by atoms with Gasteiger partial charge in [-0.25, -0.2) is 9.59 Å². The van der Waals surface area contributed by atoms with Gasteiger partial charge in [0.15, 0.2) is 0 Å². The monoisotopic (exact) mass is 457 g/mol. The predicted octanol–water partition coefficient (Wildman–Crippen LogP) is 3.74. The van der Waals surface area contributed by atoms with Crippen LogP contribution < -0.4 is 10.6 Å². The third-order valence-electron chi connectivity index (χ3n) is 5.43. The molecule has 3 aromatic rings. The highest BCUT2D eigenvalue weighted by Gasteiger charge is 2.29. The number of ether oxygens (including phenoxy) is 1. The number of benzene rings is 2. The summed E-state index contributed by atoms with van der Waals surface area (Å²) in [4.78, 5) is 38.8. The summed E-state index contributed by atoms with van der Waals surface area (Å²) < 4.78 is 5.52. The van der Waals surface area contributed by atoms with Crippen LogP contribution in [0.1, 0.15) is 22.7 Å². The molecule has 2 aromatic carbocycles. The summed E-state index contributed by atoms with van der Waals surface area (Å²) in [6.07, 6.45) is 3.21. The maximum absolute atomic E-state index is 12.4. The van der Waals surface area contributed by atoms with Crippen molar-refractivity contribution in [2.24, 2.45) is 0 Å². The van der Waals surface area contributed by atoms with Crippen LogP contribution in [-0.2, 0) is 20.7 Å². The molecule has 8 heteroatoms. The topological polar surface area (TPSA) is 118 Å². The summed E-state index contributed by atoms with van der Waals surface area (Å²) in [6, 6.07) is 19.5. The van der Waals surface area contributed by atoms with Crippen molar-refractivity contribution in [2.75, 3.05) is 18.5 Å². The number of carbonyl (C=O) groups excluding carboxylic acids is 2. The summed E-state index contributed by atoms with van der Waals surface area (Å²) in [5.74, 6) is -1.39. The van der Waals surface area contributed by atoms with E-state index in [1.807, 2.05) is 24.3 Å². The lowest BCUT2D eigenvalue weighted by atomic mass is 9.98. The molecule has 2 amide bonds. The van der Waals surface area contributed by atoms with Gasteiger partial charge in [0, 0.05) is 24.2 Å². The molecule has 172 valence electrons. The summed E-state index contributed by atoms with van der Waals surface area (Å²) in [5, 5.41) is 13.8. The largest absolute Gasteiger partial charge is 0.478 e. The molecule has 0 aliphatic heterocycles. The molecule has 1 aliphatic rings. The molecule has 0 fully saturated rings. The number of nitrogens with zero attached hydrogens (tertiary/aromatic N) is 1. The first kappa shape index (κ1) is 22.7. The first-order chi connectivity index (χ1) is 16.5. The van der Waals surface area contributed by atoms with E-state index in [-0.39, 0.29) is 31.4 Å². The smallest absolute Gasteiger partial charge is 0.411 e. The second-order valence-corrected chi connectivity index (χ2v) is 7.71. The summed E-state index contributed by atoms with van der Waals surface area (Å²) in [7, 11) is 0. The number of hydrogen-bond acceptors (Lipinski definition) is 5. The molecule has 1 heterocycles. The molecule has 0 unspecified atom stereocenters.